The molecule has 0 unspecified atom stereocenters. The lowest BCUT2D eigenvalue weighted by atomic mass is 10.1. The summed E-state index contributed by atoms with van der Waals surface area (Å²) in [6, 6.07) is 8.17. The summed E-state index contributed by atoms with van der Waals surface area (Å²) < 4.78 is 1.53. The molecule has 0 aliphatic heterocycles. The Balaban J connectivity index is 2.58. The molecular formula is C15H11BrN6O3. The average molecular weight is 403 g/mol. The Kier molecular flexibility index (Phi) is 5.49. The zero-order valence-electron chi connectivity index (χ0n) is 12.7. The van der Waals surface area contributed by atoms with Crippen LogP contribution in [0.4, 0.5) is 11.5 Å². The van der Waals surface area contributed by atoms with Gasteiger partial charge in [0.05, 0.1) is 28.1 Å². The summed E-state index contributed by atoms with van der Waals surface area (Å²) in [5.74, 6) is 0.0366. The Morgan fingerprint density at radius 1 is 1.52 bits per heavy atom. The number of nitriles is 2. The molecule has 126 valence electrons. The highest BCUT2D eigenvalue weighted by molar-refractivity contribution is 9.10. The molecule has 0 amide bonds. The number of nitrogens with two attached hydrogens (primary N) is 1. The maximum absolute atomic E-state index is 11.0. The second-order valence-electron chi connectivity index (χ2n) is 4.81. The van der Waals surface area contributed by atoms with Crippen LogP contribution in [0.15, 0.2) is 22.7 Å². The third-order valence-corrected chi connectivity index (χ3v) is 3.94. The van der Waals surface area contributed by atoms with E-state index in [-0.39, 0.29) is 41.5 Å². The van der Waals surface area contributed by atoms with Crippen molar-refractivity contribution in [3.63, 3.8) is 0 Å². The molecule has 3 N–H and O–H groups in total. The van der Waals surface area contributed by atoms with Gasteiger partial charge in [-0.1, -0.05) is 6.07 Å². The van der Waals surface area contributed by atoms with Crippen molar-refractivity contribution in [1.82, 2.24) is 9.78 Å². The number of aliphatic hydroxyl groups is 1. The standard InChI is InChI=1S/C15H11BrN6O3/c16-12-2-1-9(6-13(12)22(24)25)5-10(7-17)14-11(8-18)15(19)21(20-14)3-4-23/h1-2,5-6,23H,3-4,19H2/b10-5-. The minimum absolute atomic E-state index is 0.00728. The molecule has 25 heavy (non-hydrogen) atoms. The second-order valence-corrected chi connectivity index (χ2v) is 5.66. The number of halogens is 1. The van der Waals surface area contributed by atoms with Crippen LogP contribution in [-0.2, 0) is 6.54 Å². The van der Waals surface area contributed by atoms with Crippen LogP contribution in [0.2, 0.25) is 0 Å². The first kappa shape index (κ1) is 18.1. The molecular weight excluding hydrogens is 392 g/mol. The molecule has 1 aromatic carbocycles. The number of benzene rings is 1. The van der Waals surface area contributed by atoms with Gasteiger partial charge in [0, 0.05) is 6.07 Å². The van der Waals surface area contributed by atoms with Crippen LogP contribution in [0.5, 0.6) is 0 Å². The number of nitrogen functional groups attached to an aromatic ring is 1. The normalized spacial score (nSPS) is 11.0. The van der Waals surface area contributed by atoms with E-state index in [1.54, 1.807) is 6.07 Å². The van der Waals surface area contributed by atoms with E-state index in [0.717, 1.165) is 0 Å². The summed E-state index contributed by atoms with van der Waals surface area (Å²) in [4.78, 5) is 10.5. The van der Waals surface area contributed by atoms with Crippen molar-refractivity contribution in [2.75, 3.05) is 12.3 Å². The van der Waals surface area contributed by atoms with Crippen molar-refractivity contribution >= 4 is 39.1 Å². The predicted octanol–water partition coefficient (Wildman–Crippen LogP) is 2.06. The molecule has 2 aromatic rings. The number of aliphatic hydroxyl groups excluding tert-OH is 1. The first-order chi connectivity index (χ1) is 11.9. The lowest BCUT2D eigenvalue weighted by molar-refractivity contribution is -0.385. The van der Waals surface area contributed by atoms with Crippen LogP contribution in [0.25, 0.3) is 11.6 Å². The smallest absolute Gasteiger partial charge is 0.284 e. The molecule has 0 fully saturated rings. The highest BCUT2D eigenvalue weighted by Crippen LogP contribution is 2.29. The van der Waals surface area contributed by atoms with Crippen molar-refractivity contribution in [2.24, 2.45) is 0 Å². The van der Waals surface area contributed by atoms with Gasteiger partial charge in [0.1, 0.15) is 29.2 Å². The highest BCUT2D eigenvalue weighted by atomic mass is 79.9. The van der Waals surface area contributed by atoms with Crippen LogP contribution < -0.4 is 5.73 Å². The van der Waals surface area contributed by atoms with Gasteiger partial charge in [0.2, 0.25) is 0 Å². The van der Waals surface area contributed by atoms with E-state index in [9.17, 15) is 20.6 Å². The molecule has 0 saturated carbocycles. The summed E-state index contributed by atoms with van der Waals surface area (Å²) in [7, 11) is 0. The molecule has 0 saturated heterocycles. The maximum atomic E-state index is 11.0. The Hall–Kier alpha value is -3.21. The number of nitro groups is 1. The van der Waals surface area contributed by atoms with Gasteiger partial charge in [0.15, 0.2) is 0 Å². The minimum Gasteiger partial charge on any atom is -0.394 e. The van der Waals surface area contributed by atoms with E-state index in [1.807, 2.05) is 12.1 Å². The predicted molar refractivity (Wildman–Crippen MR) is 92.7 cm³/mol. The Labute approximate surface area is 150 Å². The minimum atomic E-state index is -0.553. The Morgan fingerprint density at radius 2 is 2.24 bits per heavy atom. The fourth-order valence-electron chi connectivity index (χ4n) is 2.12. The van der Waals surface area contributed by atoms with E-state index in [2.05, 4.69) is 21.0 Å². The number of nitrogens with zero attached hydrogens (tertiary/aromatic N) is 5. The van der Waals surface area contributed by atoms with Gasteiger partial charge in [-0.05, 0) is 33.6 Å². The maximum Gasteiger partial charge on any atom is 0.284 e. The number of allylic oxidation sites excluding steroid dienone is 1. The summed E-state index contributed by atoms with van der Waals surface area (Å²) in [6.07, 6.45) is 1.38. The summed E-state index contributed by atoms with van der Waals surface area (Å²) in [5, 5.41) is 42.8. The first-order valence-corrected chi connectivity index (χ1v) is 7.65. The van der Waals surface area contributed by atoms with Crippen LogP contribution in [-0.4, -0.2) is 26.4 Å². The average Bonchev–Trinajstić information content (AvgIpc) is 2.90. The van der Waals surface area contributed by atoms with Crippen LogP contribution in [0, 0.1) is 32.8 Å². The third kappa shape index (κ3) is 3.66. The summed E-state index contributed by atoms with van der Waals surface area (Å²) >= 11 is 3.09. The van der Waals surface area contributed by atoms with Gasteiger partial charge in [-0.3, -0.25) is 10.1 Å². The number of hydrogen-bond donors (Lipinski definition) is 2. The molecule has 0 atom stereocenters. The lowest BCUT2D eigenvalue weighted by Crippen LogP contribution is -2.07. The molecule has 10 heteroatoms. The monoisotopic (exact) mass is 402 g/mol. The number of nitro benzene ring substituents is 1. The molecule has 1 aromatic heterocycles. The van der Waals surface area contributed by atoms with Crippen molar-refractivity contribution < 1.29 is 10.0 Å². The van der Waals surface area contributed by atoms with Gasteiger partial charge < -0.3 is 10.8 Å². The van der Waals surface area contributed by atoms with Crippen LogP contribution in [0.1, 0.15) is 16.8 Å². The molecule has 1 heterocycles. The van der Waals surface area contributed by atoms with E-state index in [1.165, 1.54) is 22.9 Å². The molecule has 0 aliphatic carbocycles. The van der Waals surface area contributed by atoms with E-state index in [0.29, 0.717) is 10.0 Å². The summed E-state index contributed by atoms with van der Waals surface area (Å²) in [6.45, 7) is -0.163. The zero-order valence-corrected chi connectivity index (χ0v) is 14.3. The fourth-order valence-corrected chi connectivity index (χ4v) is 2.51. The lowest BCUT2D eigenvalue weighted by Gasteiger charge is -2.00. The van der Waals surface area contributed by atoms with Crippen molar-refractivity contribution in [3.05, 3.63) is 49.6 Å². The molecule has 2 rings (SSSR count). The van der Waals surface area contributed by atoms with Crippen molar-refractivity contribution in [2.45, 2.75) is 6.54 Å². The Morgan fingerprint density at radius 3 is 2.80 bits per heavy atom. The molecule has 9 nitrogen and oxygen atoms in total. The quantitative estimate of drug-likeness (QED) is 0.440. The molecule has 0 spiro atoms. The van der Waals surface area contributed by atoms with Crippen molar-refractivity contribution in [1.29, 1.82) is 10.5 Å². The largest absolute Gasteiger partial charge is 0.394 e. The summed E-state index contributed by atoms with van der Waals surface area (Å²) in [5.41, 5.74) is 6.13. The Bertz CT molecular complexity index is 951. The number of hydrogen-bond acceptors (Lipinski definition) is 7. The van der Waals surface area contributed by atoms with Gasteiger partial charge in [-0.25, -0.2) is 4.68 Å². The third-order valence-electron chi connectivity index (χ3n) is 3.27. The molecule has 0 radical (unpaired) electrons. The van der Waals surface area contributed by atoms with Gasteiger partial charge in [0.25, 0.3) is 5.69 Å². The fraction of sp³-hybridized carbons (Fsp3) is 0.133. The number of aromatic nitrogens is 2. The highest BCUT2D eigenvalue weighted by Gasteiger charge is 2.19. The topological polar surface area (TPSA) is 155 Å². The van der Waals surface area contributed by atoms with Crippen LogP contribution in [0.3, 0.4) is 0 Å². The number of anilines is 1. The van der Waals surface area contributed by atoms with E-state index in [4.69, 9.17) is 10.8 Å². The van der Waals surface area contributed by atoms with E-state index < -0.39 is 4.92 Å². The van der Waals surface area contributed by atoms with Crippen molar-refractivity contribution in [3.8, 4) is 12.1 Å². The van der Waals surface area contributed by atoms with Gasteiger partial charge in [-0.2, -0.15) is 15.6 Å². The zero-order chi connectivity index (χ0) is 18.6. The number of rotatable bonds is 5. The SMILES string of the molecule is N#C/C(=C/c1ccc(Br)c([N+](=O)[O-])c1)c1nn(CCO)c(N)c1C#N. The van der Waals surface area contributed by atoms with Gasteiger partial charge >= 0.3 is 0 Å². The van der Waals surface area contributed by atoms with Crippen LogP contribution >= 0.6 is 15.9 Å². The first-order valence-electron chi connectivity index (χ1n) is 6.86. The molecule has 0 bridgehead atoms. The van der Waals surface area contributed by atoms with Gasteiger partial charge in [-0.15, -0.1) is 0 Å². The second kappa shape index (κ2) is 7.57. The molecule has 0 aliphatic rings. The van der Waals surface area contributed by atoms with E-state index >= 15 is 0 Å².